The molecule has 0 spiro atoms. The molecule has 0 aromatic rings. The summed E-state index contributed by atoms with van der Waals surface area (Å²) in [6.45, 7) is 8.94. The predicted octanol–water partition coefficient (Wildman–Crippen LogP) is 0.383. The van der Waals surface area contributed by atoms with Gasteiger partial charge in [-0.15, -0.1) is 0 Å². The smallest absolute Gasteiger partial charge is 0.333 e. The van der Waals surface area contributed by atoms with Gasteiger partial charge in [0.25, 0.3) is 0 Å². The Labute approximate surface area is 141 Å². The minimum Gasteiger partial charge on any atom is -0.342 e. The maximum atomic E-state index is 11.5. The molecule has 24 heavy (non-hydrogen) atoms. The molecule has 9 nitrogen and oxygen atoms in total. The van der Waals surface area contributed by atoms with Gasteiger partial charge in [-0.2, -0.15) is 8.42 Å². The molecule has 10 heteroatoms. The minimum atomic E-state index is -4.20. The lowest BCUT2D eigenvalue weighted by molar-refractivity contribution is -0.313. The Morgan fingerprint density at radius 2 is 1.83 bits per heavy atom. The van der Waals surface area contributed by atoms with Crippen molar-refractivity contribution in [2.75, 3.05) is 6.61 Å². The summed E-state index contributed by atoms with van der Waals surface area (Å²) in [5.74, 6) is -3.26. The van der Waals surface area contributed by atoms with E-state index >= 15 is 0 Å². The Balaban J connectivity index is 1.97. The Morgan fingerprint density at radius 1 is 1.17 bits per heavy atom. The number of hydrogen-bond acceptors (Lipinski definition) is 8. The van der Waals surface area contributed by atoms with E-state index in [-0.39, 0.29) is 19.1 Å². The van der Waals surface area contributed by atoms with Crippen LogP contribution >= 0.6 is 0 Å². The van der Waals surface area contributed by atoms with Crippen molar-refractivity contribution in [3.63, 3.8) is 0 Å². The van der Waals surface area contributed by atoms with Gasteiger partial charge in [-0.1, -0.05) is 6.92 Å². The van der Waals surface area contributed by atoms with Crippen molar-refractivity contribution in [1.29, 1.82) is 0 Å². The third kappa shape index (κ3) is 3.21. The van der Waals surface area contributed by atoms with Crippen LogP contribution in [0, 0.1) is 0 Å². The van der Waals surface area contributed by atoms with Crippen LogP contribution in [0.2, 0.25) is 0 Å². The van der Waals surface area contributed by atoms with Gasteiger partial charge in [-0.25, -0.2) is 9.32 Å². The highest BCUT2D eigenvalue weighted by molar-refractivity contribution is 7.84. The maximum Gasteiger partial charge on any atom is 0.333 e. The van der Waals surface area contributed by atoms with E-state index in [2.05, 4.69) is 0 Å². The average molecular weight is 367 g/mol. The number of nitrogens with two attached hydrogens (primary N) is 1. The van der Waals surface area contributed by atoms with Gasteiger partial charge in [0, 0.05) is 0 Å². The van der Waals surface area contributed by atoms with Gasteiger partial charge in [0.15, 0.2) is 11.6 Å². The van der Waals surface area contributed by atoms with E-state index in [0.29, 0.717) is 0 Å². The highest BCUT2D eigenvalue weighted by atomic mass is 32.2. The van der Waals surface area contributed by atoms with E-state index in [0.717, 1.165) is 0 Å². The summed E-state index contributed by atoms with van der Waals surface area (Å²) in [4.78, 5) is 0. The summed E-state index contributed by atoms with van der Waals surface area (Å²) >= 11 is 0. The second-order valence-corrected chi connectivity index (χ2v) is 8.38. The van der Waals surface area contributed by atoms with Crippen LogP contribution in [-0.2, 0) is 38.2 Å². The second-order valence-electron chi connectivity index (χ2n) is 7.20. The zero-order valence-electron chi connectivity index (χ0n) is 14.5. The van der Waals surface area contributed by atoms with Crippen LogP contribution < -0.4 is 5.14 Å². The first kappa shape index (κ1) is 18.5. The molecule has 0 aromatic heterocycles. The fraction of sp³-hybridized carbons (Fsp3) is 1.00. The topological polar surface area (TPSA) is 116 Å². The fourth-order valence-electron chi connectivity index (χ4n) is 3.65. The summed E-state index contributed by atoms with van der Waals surface area (Å²) in [7, 11) is -4.20. The first-order valence-corrected chi connectivity index (χ1v) is 9.43. The summed E-state index contributed by atoms with van der Waals surface area (Å²) in [5.41, 5.74) is 0. The van der Waals surface area contributed by atoms with E-state index in [1.807, 2.05) is 0 Å². The van der Waals surface area contributed by atoms with Gasteiger partial charge in [0.05, 0.1) is 6.61 Å². The van der Waals surface area contributed by atoms with Gasteiger partial charge in [-0.3, -0.25) is 0 Å². The van der Waals surface area contributed by atoms with E-state index in [9.17, 15) is 8.42 Å². The molecular formula is C14H25NO8S. The molecule has 3 aliphatic rings. The van der Waals surface area contributed by atoms with Crippen LogP contribution in [0.4, 0.5) is 0 Å². The summed E-state index contributed by atoms with van der Waals surface area (Å²) in [6.07, 6.45) is -2.24. The first-order chi connectivity index (χ1) is 10.9. The molecular weight excluding hydrogens is 342 g/mol. The molecule has 3 saturated heterocycles. The summed E-state index contributed by atoms with van der Waals surface area (Å²) < 4.78 is 57.7. The highest BCUT2D eigenvalue weighted by Gasteiger charge is 2.68. The van der Waals surface area contributed by atoms with E-state index < -0.39 is 46.0 Å². The molecule has 0 aliphatic carbocycles. The van der Waals surface area contributed by atoms with Crippen LogP contribution in [0.25, 0.3) is 0 Å². The lowest BCUT2D eigenvalue weighted by Gasteiger charge is -2.44. The molecule has 2 N–H and O–H groups in total. The molecule has 140 valence electrons. The van der Waals surface area contributed by atoms with Crippen molar-refractivity contribution in [2.45, 2.75) is 82.8 Å². The van der Waals surface area contributed by atoms with Gasteiger partial charge in [-0.05, 0) is 34.1 Å². The Morgan fingerprint density at radius 3 is 2.42 bits per heavy atom. The minimum absolute atomic E-state index is 0.161. The second kappa shape index (κ2) is 5.58. The molecule has 1 unspecified atom stereocenters. The lowest BCUT2D eigenvalue weighted by Crippen LogP contribution is -2.64. The molecule has 0 amide bonds. The van der Waals surface area contributed by atoms with Gasteiger partial charge >= 0.3 is 10.3 Å². The van der Waals surface area contributed by atoms with Crippen molar-refractivity contribution >= 4 is 10.3 Å². The zero-order valence-corrected chi connectivity index (χ0v) is 15.3. The number of fused-ring (bicyclic) bond motifs is 3. The molecule has 3 aliphatic heterocycles. The van der Waals surface area contributed by atoms with Crippen LogP contribution in [0.15, 0.2) is 0 Å². The first-order valence-electron chi connectivity index (χ1n) is 7.96. The molecule has 0 aromatic carbocycles. The Bertz CT molecular complexity index is 606. The van der Waals surface area contributed by atoms with Gasteiger partial charge < -0.3 is 23.7 Å². The van der Waals surface area contributed by atoms with E-state index in [4.69, 9.17) is 33.0 Å². The standard InChI is InChI=1S/C14H25NO8S/c1-6-9(22-24(15,16)17)14-11(21-13(4,5)23-14)10-8(7-18-14)19-12(2,3)20-10/h8-11H,6-7H2,1-5H3,(H2,15,16,17)/t8-,9?,10-,11+,14+/m1/s1. The molecule has 0 saturated carbocycles. The third-order valence-electron chi connectivity index (χ3n) is 4.28. The molecule has 3 fully saturated rings. The fourth-order valence-corrected chi connectivity index (χ4v) is 4.24. The maximum absolute atomic E-state index is 11.5. The molecule has 0 radical (unpaired) electrons. The van der Waals surface area contributed by atoms with Crippen molar-refractivity contribution in [3.8, 4) is 0 Å². The van der Waals surface area contributed by atoms with E-state index in [1.165, 1.54) is 0 Å². The van der Waals surface area contributed by atoms with Crippen LogP contribution in [0.3, 0.4) is 0 Å². The van der Waals surface area contributed by atoms with Crippen LogP contribution in [-0.4, -0.2) is 56.8 Å². The third-order valence-corrected chi connectivity index (χ3v) is 4.78. The van der Waals surface area contributed by atoms with Crippen molar-refractivity contribution in [2.24, 2.45) is 5.14 Å². The Hall–Kier alpha value is -0.330. The average Bonchev–Trinajstić information content (AvgIpc) is 2.86. The number of rotatable bonds is 4. The predicted molar refractivity (Wildman–Crippen MR) is 80.8 cm³/mol. The summed E-state index contributed by atoms with van der Waals surface area (Å²) in [5, 5.41) is 5.06. The van der Waals surface area contributed by atoms with Crippen LogP contribution in [0.1, 0.15) is 41.0 Å². The molecule has 5 atom stereocenters. The SMILES string of the molecule is CCC(OS(N)(=O)=O)[C@@]12OC[C@H]3OC(C)(C)O[C@H]3[C@@H]1OC(C)(C)O2. The normalized spacial score (nSPS) is 41.7. The highest BCUT2D eigenvalue weighted by Crippen LogP contribution is 2.50. The quantitative estimate of drug-likeness (QED) is 0.758. The monoisotopic (exact) mass is 367 g/mol. The number of hydrogen-bond donors (Lipinski definition) is 1. The van der Waals surface area contributed by atoms with Gasteiger partial charge in [0.1, 0.15) is 24.4 Å². The van der Waals surface area contributed by atoms with Crippen LogP contribution in [0.5, 0.6) is 0 Å². The molecule has 3 rings (SSSR count). The van der Waals surface area contributed by atoms with E-state index in [1.54, 1.807) is 34.6 Å². The zero-order chi connectivity index (χ0) is 18.0. The largest absolute Gasteiger partial charge is 0.342 e. The van der Waals surface area contributed by atoms with Crippen molar-refractivity contribution in [1.82, 2.24) is 0 Å². The van der Waals surface area contributed by atoms with Crippen molar-refractivity contribution in [3.05, 3.63) is 0 Å². The lowest BCUT2D eigenvalue weighted by atomic mass is 9.92. The molecule has 3 heterocycles. The number of ether oxygens (including phenoxy) is 5. The molecule has 0 bridgehead atoms. The van der Waals surface area contributed by atoms with Gasteiger partial charge in [0.2, 0.25) is 5.79 Å². The van der Waals surface area contributed by atoms with Crippen molar-refractivity contribution < 1.29 is 36.3 Å². The summed E-state index contributed by atoms with van der Waals surface area (Å²) in [6, 6.07) is 0. The Kier molecular flexibility index (Phi) is 4.29.